The van der Waals surface area contributed by atoms with Crippen LogP contribution in [0, 0.1) is 46.3 Å². The minimum atomic E-state index is -0.986. The van der Waals surface area contributed by atoms with Crippen molar-refractivity contribution in [1.82, 2.24) is 0 Å². The normalized spacial score (nSPS) is 52.9. The van der Waals surface area contributed by atoms with Gasteiger partial charge in [0.25, 0.3) is 0 Å². The molecule has 0 heterocycles. The molecule has 0 amide bonds. The Morgan fingerprint density at radius 3 is 2.34 bits per heavy atom. The average molecular weight is 408 g/mol. The molecule has 4 rings (SSSR count). The molecule has 4 aliphatic rings. The standard InChI is InChI=1S/C24H40O5/c1-13(4-9-22(28)29)17-7-8-18-16-6-5-14-10-15(25)11-20(26)23(14,2)19(16)12-21(27)24(17,18)3/h13-21,25-27H,4-12H2,1-3H3,(H,28,29)/p-1/t13-,14?,15?,16+,17-,18+,19+,20?,21?,23+,24-/m1/s1. The Morgan fingerprint density at radius 1 is 0.966 bits per heavy atom. The molecular formula is C24H39O5-. The van der Waals surface area contributed by atoms with Crippen molar-refractivity contribution in [1.29, 1.82) is 0 Å². The van der Waals surface area contributed by atoms with Crippen LogP contribution in [0.15, 0.2) is 0 Å². The molecule has 0 radical (unpaired) electrons. The molecule has 5 nitrogen and oxygen atoms in total. The van der Waals surface area contributed by atoms with Gasteiger partial charge in [-0.2, -0.15) is 0 Å². The van der Waals surface area contributed by atoms with Gasteiger partial charge in [-0.25, -0.2) is 0 Å². The first-order valence-corrected chi connectivity index (χ1v) is 11.8. The maximum Gasteiger partial charge on any atom is 0.0623 e. The van der Waals surface area contributed by atoms with E-state index < -0.39 is 24.3 Å². The molecule has 29 heavy (non-hydrogen) atoms. The average Bonchev–Trinajstić information content (AvgIpc) is 3.01. The lowest BCUT2D eigenvalue weighted by molar-refractivity contribution is -0.306. The third kappa shape index (κ3) is 3.18. The molecule has 11 atom stereocenters. The Kier molecular flexibility index (Phi) is 5.57. The van der Waals surface area contributed by atoms with E-state index in [0.29, 0.717) is 42.4 Å². The van der Waals surface area contributed by atoms with Gasteiger partial charge < -0.3 is 25.2 Å². The van der Waals surface area contributed by atoms with Crippen LogP contribution >= 0.6 is 0 Å². The molecule has 3 N–H and O–H groups in total. The van der Waals surface area contributed by atoms with Gasteiger partial charge in [0.1, 0.15) is 0 Å². The number of rotatable bonds is 4. The van der Waals surface area contributed by atoms with E-state index in [9.17, 15) is 25.2 Å². The third-order valence-corrected chi connectivity index (χ3v) is 10.4. The fourth-order valence-electron chi connectivity index (χ4n) is 8.77. The summed E-state index contributed by atoms with van der Waals surface area (Å²) in [5.74, 6) is 1.19. The van der Waals surface area contributed by atoms with Crippen LogP contribution in [0.3, 0.4) is 0 Å². The van der Waals surface area contributed by atoms with Gasteiger partial charge in [-0.1, -0.05) is 20.8 Å². The number of aliphatic hydroxyl groups is 3. The number of carboxylic acids is 1. The van der Waals surface area contributed by atoms with Crippen molar-refractivity contribution in [3.63, 3.8) is 0 Å². The summed E-state index contributed by atoms with van der Waals surface area (Å²) in [5, 5.41) is 43.6. The lowest BCUT2D eigenvalue weighted by atomic mass is 9.43. The van der Waals surface area contributed by atoms with Crippen LogP contribution in [0.4, 0.5) is 0 Å². The SMILES string of the molecule is C[C@H](CCC(=O)[O-])[C@H]1CC[C@H]2[C@@H]3CCC4CC(O)CC(O)[C@]4(C)[C@H]3CC(O)[C@]12C. The highest BCUT2D eigenvalue weighted by atomic mass is 16.4. The Labute approximate surface area is 174 Å². The van der Waals surface area contributed by atoms with E-state index in [1.54, 1.807) is 0 Å². The van der Waals surface area contributed by atoms with Crippen molar-refractivity contribution in [2.24, 2.45) is 46.3 Å². The van der Waals surface area contributed by atoms with Crippen LogP contribution in [-0.4, -0.2) is 39.6 Å². The van der Waals surface area contributed by atoms with Crippen LogP contribution < -0.4 is 5.11 Å². The first-order valence-electron chi connectivity index (χ1n) is 11.8. The Morgan fingerprint density at radius 2 is 1.66 bits per heavy atom. The van der Waals surface area contributed by atoms with E-state index in [1.165, 1.54) is 0 Å². The number of fused-ring (bicyclic) bond motifs is 5. The zero-order valence-electron chi connectivity index (χ0n) is 18.2. The predicted molar refractivity (Wildman–Crippen MR) is 107 cm³/mol. The van der Waals surface area contributed by atoms with Gasteiger partial charge in [-0.15, -0.1) is 0 Å². The molecule has 4 aliphatic carbocycles. The van der Waals surface area contributed by atoms with Crippen LogP contribution in [0.2, 0.25) is 0 Å². The molecule has 0 spiro atoms. The highest BCUT2D eigenvalue weighted by molar-refractivity contribution is 5.64. The quantitative estimate of drug-likeness (QED) is 0.663. The van der Waals surface area contributed by atoms with Gasteiger partial charge in [0.2, 0.25) is 0 Å². The van der Waals surface area contributed by atoms with E-state index in [2.05, 4.69) is 20.8 Å². The van der Waals surface area contributed by atoms with Crippen molar-refractivity contribution >= 4 is 5.97 Å². The smallest absolute Gasteiger partial charge is 0.0623 e. The highest BCUT2D eigenvalue weighted by Gasteiger charge is 2.65. The largest absolute Gasteiger partial charge is 0.550 e. The van der Waals surface area contributed by atoms with Gasteiger partial charge >= 0.3 is 0 Å². The number of carbonyl (C=O) groups excluding carboxylic acids is 1. The maximum absolute atomic E-state index is 11.5. The molecule has 0 aromatic carbocycles. The topological polar surface area (TPSA) is 101 Å². The summed E-state index contributed by atoms with van der Waals surface area (Å²) in [6.07, 6.45) is 5.67. The van der Waals surface area contributed by atoms with Crippen molar-refractivity contribution in [2.45, 2.75) is 96.9 Å². The van der Waals surface area contributed by atoms with Crippen molar-refractivity contribution < 1.29 is 25.2 Å². The monoisotopic (exact) mass is 407 g/mol. The molecule has 0 aliphatic heterocycles. The summed E-state index contributed by atoms with van der Waals surface area (Å²) < 4.78 is 0. The third-order valence-electron chi connectivity index (χ3n) is 10.4. The molecule has 166 valence electrons. The number of hydrogen-bond donors (Lipinski definition) is 3. The minimum Gasteiger partial charge on any atom is -0.550 e. The van der Waals surface area contributed by atoms with Crippen molar-refractivity contribution in [3.8, 4) is 0 Å². The number of carboxylic acid groups (broad SMARTS) is 1. The first-order chi connectivity index (χ1) is 13.6. The Hall–Kier alpha value is -0.650. The summed E-state index contributed by atoms with van der Waals surface area (Å²) in [5.41, 5.74) is -0.391. The number of aliphatic hydroxyl groups excluding tert-OH is 3. The Balaban J connectivity index is 1.59. The molecule has 4 saturated carbocycles. The summed E-state index contributed by atoms with van der Waals surface area (Å²) in [4.78, 5) is 11.0. The zero-order chi connectivity index (χ0) is 21.1. The number of hydrogen-bond acceptors (Lipinski definition) is 5. The highest BCUT2D eigenvalue weighted by Crippen LogP contribution is 2.68. The first kappa shape index (κ1) is 21.6. The second kappa shape index (κ2) is 7.49. The van der Waals surface area contributed by atoms with Crippen LogP contribution in [0.1, 0.15) is 78.6 Å². The molecule has 4 fully saturated rings. The second-order valence-electron chi connectivity index (χ2n) is 11.3. The predicted octanol–water partition coefficient (Wildman–Crippen LogP) is 2.11. The van der Waals surface area contributed by atoms with E-state index in [4.69, 9.17) is 0 Å². The number of carbonyl (C=O) groups is 1. The number of aliphatic carboxylic acids is 1. The minimum absolute atomic E-state index is 0.0921. The molecule has 0 bridgehead atoms. The van der Waals surface area contributed by atoms with Gasteiger partial charge in [-0.05, 0) is 104 Å². The van der Waals surface area contributed by atoms with Crippen LogP contribution in [0.25, 0.3) is 0 Å². The summed E-state index contributed by atoms with van der Waals surface area (Å²) in [7, 11) is 0. The van der Waals surface area contributed by atoms with Gasteiger partial charge in [0, 0.05) is 5.97 Å². The van der Waals surface area contributed by atoms with Crippen molar-refractivity contribution in [3.05, 3.63) is 0 Å². The molecule has 0 saturated heterocycles. The van der Waals surface area contributed by atoms with Gasteiger partial charge in [-0.3, -0.25) is 0 Å². The fourth-order valence-corrected chi connectivity index (χ4v) is 8.77. The maximum atomic E-state index is 11.5. The van der Waals surface area contributed by atoms with E-state index >= 15 is 0 Å². The molecule has 4 unspecified atom stereocenters. The summed E-state index contributed by atoms with van der Waals surface area (Å²) in [6, 6.07) is 0. The lowest BCUT2D eigenvalue weighted by Gasteiger charge is -2.63. The van der Waals surface area contributed by atoms with E-state index in [1.807, 2.05) is 0 Å². The van der Waals surface area contributed by atoms with E-state index in [-0.39, 0.29) is 23.2 Å². The molecule has 0 aromatic rings. The Bertz CT molecular complexity index is 637. The van der Waals surface area contributed by atoms with E-state index in [0.717, 1.165) is 38.5 Å². The zero-order valence-corrected chi connectivity index (χ0v) is 18.2. The summed E-state index contributed by atoms with van der Waals surface area (Å²) >= 11 is 0. The van der Waals surface area contributed by atoms with Crippen molar-refractivity contribution in [2.75, 3.05) is 0 Å². The second-order valence-corrected chi connectivity index (χ2v) is 11.3. The summed E-state index contributed by atoms with van der Waals surface area (Å²) in [6.45, 7) is 6.61. The van der Waals surface area contributed by atoms with Gasteiger partial charge in [0.05, 0.1) is 18.3 Å². The van der Waals surface area contributed by atoms with Gasteiger partial charge in [0.15, 0.2) is 0 Å². The lowest BCUT2D eigenvalue weighted by Crippen LogP contribution is -2.62. The molecular weight excluding hydrogens is 368 g/mol. The molecule has 5 heteroatoms. The van der Waals surface area contributed by atoms with Crippen LogP contribution in [-0.2, 0) is 4.79 Å². The molecule has 0 aromatic heterocycles. The fraction of sp³-hybridized carbons (Fsp3) is 0.958. The van der Waals surface area contributed by atoms with Crippen LogP contribution in [0.5, 0.6) is 0 Å².